The molecular weight excluding hydrogens is 422 g/mol. The van der Waals surface area contributed by atoms with Gasteiger partial charge in [-0.15, -0.1) is 0 Å². The second-order valence-electron chi connectivity index (χ2n) is 11.0. The van der Waals surface area contributed by atoms with Crippen LogP contribution < -0.4 is 0 Å². The molecule has 7 heteroatoms. The lowest BCUT2D eigenvalue weighted by atomic mass is 9.74. The highest BCUT2D eigenvalue weighted by Gasteiger charge is 2.62. The summed E-state index contributed by atoms with van der Waals surface area (Å²) in [5, 5.41) is 33.5. The minimum Gasteiger partial charge on any atom is -0.457 e. The SMILES string of the molecule is C[C@@H]1[C@@H](O)[C@@H](C)C[C@@H](C)C(=O)C2(CC2)[C@@H](O)[C@@H](C)[C@@H](c2cccnc2)OC(=O)C2(CC2)[C@H]1O. The third-order valence-electron chi connectivity index (χ3n) is 8.62. The summed E-state index contributed by atoms with van der Waals surface area (Å²) >= 11 is 0. The minimum absolute atomic E-state index is 0.00101. The van der Waals surface area contributed by atoms with Crippen molar-refractivity contribution >= 4 is 11.8 Å². The summed E-state index contributed by atoms with van der Waals surface area (Å²) in [7, 11) is 0. The highest BCUT2D eigenvalue weighted by atomic mass is 16.5. The average molecular weight is 460 g/mol. The van der Waals surface area contributed by atoms with Gasteiger partial charge in [0.05, 0.1) is 29.1 Å². The van der Waals surface area contributed by atoms with Gasteiger partial charge in [-0.05, 0) is 44.1 Å². The molecule has 0 bridgehead atoms. The molecule has 7 nitrogen and oxygen atoms in total. The predicted molar refractivity (Wildman–Crippen MR) is 121 cm³/mol. The number of ketones is 1. The van der Waals surface area contributed by atoms with Crippen molar-refractivity contribution in [1.82, 2.24) is 4.98 Å². The van der Waals surface area contributed by atoms with E-state index in [1.165, 1.54) is 0 Å². The van der Waals surface area contributed by atoms with E-state index in [9.17, 15) is 24.9 Å². The van der Waals surface area contributed by atoms with E-state index >= 15 is 0 Å². The van der Waals surface area contributed by atoms with Gasteiger partial charge in [0.1, 0.15) is 11.9 Å². The van der Waals surface area contributed by atoms with Crippen LogP contribution in [-0.4, -0.2) is 50.4 Å². The van der Waals surface area contributed by atoms with Gasteiger partial charge >= 0.3 is 5.97 Å². The number of hydrogen-bond donors (Lipinski definition) is 3. The van der Waals surface area contributed by atoms with Crippen LogP contribution in [0.5, 0.6) is 0 Å². The van der Waals surface area contributed by atoms with Crippen molar-refractivity contribution < 1.29 is 29.6 Å². The highest BCUT2D eigenvalue weighted by Crippen LogP contribution is 2.57. The zero-order valence-electron chi connectivity index (χ0n) is 20.0. The van der Waals surface area contributed by atoms with E-state index in [1.807, 2.05) is 20.8 Å². The molecule has 3 N–H and O–H groups in total. The van der Waals surface area contributed by atoms with Gasteiger partial charge in [0.15, 0.2) is 0 Å². The van der Waals surface area contributed by atoms with Gasteiger partial charge in [-0.25, -0.2) is 0 Å². The van der Waals surface area contributed by atoms with Crippen LogP contribution >= 0.6 is 0 Å². The van der Waals surface area contributed by atoms with Gasteiger partial charge in [-0.1, -0.05) is 33.8 Å². The Kier molecular flexibility index (Phi) is 6.44. The molecule has 3 fully saturated rings. The number of pyridine rings is 1. The van der Waals surface area contributed by atoms with Gasteiger partial charge in [-0.2, -0.15) is 0 Å². The van der Waals surface area contributed by atoms with E-state index in [-0.39, 0.29) is 17.6 Å². The number of aliphatic hydroxyl groups is 3. The normalized spacial score (nSPS) is 40.8. The number of ether oxygens (including phenoxy) is 1. The fraction of sp³-hybridized carbons (Fsp3) is 0.731. The fourth-order valence-corrected chi connectivity index (χ4v) is 6.01. The van der Waals surface area contributed by atoms with Gasteiger partial charge in [-0.3, -0.25) is 14.6 Å². The van der Waals surface area contributed by atoms with Gasteiger partial charge < -0.3 is 20.1 Å². The highest BCUT2D eigenvalue weighted by molar-refractivity contribution is 5.90. The van der Waals surface area contributed by atoms with E-state index in [0.717, 1.165) is 0 Å². The summed E-state index contributed by atoms with van der Waals surface area (Å²) in [6.07, 6.45) is 2.19. The molecule has 2 aliphatic carbocycles. The number of nitrogens with zero attached hydrogens (tertiary/aromatic N) is 1. The number of aliphatic hydroxyl groups excluding tert-OH is 3. The Morgan fingerprint density at radius 2 is 1.55 bits per heavy atom. The number of carbonyl (C=O) groups excluding carboxylic acids is 2. The van der Waals surface area contributed by atoms with Crippen molar-refractivity contribution in [2.75, 3.05) is 0 Å². The van der Waals surface area contributed by atoms with Crippen molar-refractivity contribution in [3.05, 3.63) is 30.1 Å². The Balaban J connectivity index is 1.74. The van der Waals surface area contributed by atoms with E-state index in [4.69, 9.17) is 4.74 Å². The zero-order valence-corrected chi connectivity index (χ0v) is 20.0. The maximum Gasteiger partial charge on any atom is 0.315 e. The summed E-state index contributed by atoms with van der Waals surface area (Å²) in [6.45, 7) is 7.30. The molecule has 0 radical (unpaired) electrons. The second-order valence-corrected chi connectivity index (χ2v) is 11.0. The molecule has 182 valence electrons. The lowest BCUT2D eigenvalue weighted by molar-refractivity contribution is -0.171. The monoisotopic (exact) mass is 459 g/mol. The molecule has 3 aliphatic rings. The molecule has 1 aromatic heterocycles. The Morgan fingerprint density at radius 1 is 0.939 bits per heavy atom. The molecule has 0 unspecified atom stereocenters. The number of carbonyl (C=O) groups is 2. The first-order chi connectivity index (χ1) is 15.5. The third-order valence-corrected chi connectivity index (χ3v) is 8.62. The van der Waals surface area contributed by atoms with Crippen LogP contribution in [0.15, 0.2) is 24.5 Å². The summed E-state index contributed by atoms with van der Waals surface area (Å²) in [4.78, 5) is 31.0. The molecule has 1 saturated heterocycles. The van der Waals surface area contributed by atoms with Crippen molar-refractivity contribution in [3.8, 4) is 0 Å². The number of rotatable bonds is 1. The van der Waals surface area contributed by atoms with Gasteiger partial charge in [0.2, 0.25) is 0 Å². The van der Waals surface area contributed by atoms with E-state index in [1.54, 1.807) is 31.5 Å². The molecule has 2 heterocycles. The Labute approximate surface area is 195 Å². The van der Waals surface area contributed by atoms with Gasteiger partial charge in [0, 0.05) is 35.7 Å². The predicted octanol–water partition coefficient (Wildman–Crippen LogP) is 2.83. The number of Topliss-reactive ketones (excluding diaryl/α,β-unsaturated/α-hetero) is 1. The average Bonchev–Trinajstić information content (AvgIpc) is 3.73. The maximum atomic E-state index is 13.5. The molecule has 0 amide bonds. The summed E-state index contributed by atoms with van der Waals surface area (Å²) in [5.41, 5.74) is -1.25. The molecule has 33 heavy (non-hydrogen) atoms. The van der Waals surface area contributed by atoms with Crippen molar-refractivity contribution in [1.29, 1.82) is 0 Å². The fourth-order valence-electron chi connectivity index (χ4n) is 6.01. The Hall–Kier alpha value is -1.83. The van der Waals surface area contributed by atoms with E-state index in [0.29, 0.717) is 37.7 Å². The van der Waals surface area contributed by atoms with Crippen LogP contribution in [0.4, 0.5) is 0 Å². The van der Waals surface area contributed by atoms with Crippen molar-refractivity contribution in [3.63, 3.8) is 0 Å². The largest absolute Gasteiger partial charge is 0.457 e. The standard InChI is InChI=1S/C26H37NO6/c1-14-12-15(2)21(29)25(7-8-25)23(31)17(4)20(18-6-5-11-27-13-18)33-24(32)26(9-10-26)22(30)16(3)19(14)28/h5-6,11,13-17,19-20,22-23,28,30-31H,7-10,12H2,1-4H3/t14-,15+,16+,17-,19-,20-,22-,23-/m0/s1. The molecule has 0 aromatic carbocycles. The number of cyclic esters (lactones) is 1. The van der Waals surface area contributed by atoms with Gasteiger partial charge in [0.25, 0.3) is 0 Å². The lowest BCUT2D eigenvalue weighted by Crippen LogP contribution is -2.46. The first-order valence-corrected chi connectivity index (χ1v) is 12.2. The van der Waals surface area contributed by atoms with Crippen LogP contribution in [0.2, 0.25) is 0 Å². The molecular formula is C26H37NO6. The summed E-state index contributed by atoms with van der Waals surface area (Å²) < 4.78 is 6.01. The zero-order chi connectivity index (χ0) is 24.1. The van der Waals surface area contributed by atoms with Crippen LogP contribution in [0.3, 0.4) is 0 Å². The molecule has 2 saturated carbocycles. The number of esters is 1. The number of hydrogen-bond acceptors (Lipinski definition) is 7. The molecule has 2 spiro atoms. The maximum absolute atomic E-state index is 13.5. The molecule has 1 aliphatic heterocycles. The molecule has 4 rings (SSSR count). The van der Waals surface area contributed by atoms with E-state index in [2.05, 4.69) is 4.98 Å². The van der Waals surface area contributed by atoms with Crippen molar-refractivity contribution in [2.24, 2.45) is 34.5 Å². The smallest absolute Gasteiger partial charge is 0.315 e. The van der Waals surface area contributed by atoms with Crippen LogP contribution in [0.25, 0.3) is 0 Å². The van der Waals surface area contributed by atoms with Crippen LogP contribution in [0, 0.1) is 34.5 Å². The summed E-state index contributed by atoms with van der Waals surface area (Å²) in [6, 6.07) is 3.54. The lowest BCUT2D eigenvalue weighted by Gasteiger charge is -2.37. The van der Waals surface area contributed by atoms with Crippen molar-refractivity contribution in [2.45, 2.75) is 84.2 Å². The third kappa shape index (κ3) is 4.13. The summed E-state index contributed by atoms with van der Waals surface area (Å²) in [5.74, 6) is -2.17. The van der Waals surface area contributed by atoms with E-state index < -0.39 is 53.1 Å². The number of aromatic nitrogens is 1. The molecule has 1 aromatic rings. The van der Waals surface area contributed by atoms with Crippen LogP contribution in [0.1, 0.15) is 71.5 Å². The molecule has 8 atom stereocenters. The first kappa shape index (κ1) is 24.3. The second kappa shape index (κ2) is 8.75. The minimum atomic E-state index is -1.05. The first-order valence-electron chi connectivity index (χ1n) is 12.2. The topological polar surface area (TPSA) is 117 Å². The Morgan fingerprint density at radius 3 is 2.09 bits per heavy atom. The quantitative estimate of drug-likeness (QED) is 0.553. The van der Waals surface area contributed by atoms with Crippen LogP contribution in [-0.2, 0) is 14.3 Å². The Bertz CT molecular complexity index is 880.